The fraction of sp³-hybridized carbons (Fsp3) is 0.762. The number of H-pyrrole nitrogens is 1. The molecular formula is C21H34N4O2. The Morgan fingerprint density at radius 1 is 1.19 bits per heavy atom. The van der Waals surface area contributed by atoms with Gasteiger partial charge in [0.15, 0.2) is 0 Å². The van der Waals surface area contributed by atoms with E-state index >= 15 is 0 Å². The number of hydrogen-bond acceptors (Lipinski definition) is 4. The van der Waals surface area contributed by atoms with Crippen LogP contribution in [0.5, 0.6) is 0 Å². The summed E-state index contributed by atoms with van der Waals surface area (Å²) >= 11 is 0. The molecule has 1 saturated heterocycles. The second-order valence-corrected chi connectivity index (χ2v) is 8.30. The van der Waals surface area contributed by atoms with Crippen LogP contribution >= 0.6 is 0 Å². The van der Waals surface area contributed by atoms with E-state index in [-0.39, 0.29) is 23.3 Å². The average Bonchev–Trinajstić information content (AvgIpc) is 2.68. The number of carbonyl (C=O) groups is 1. The summed E-state index contributed by atoms with van der Waals surface area (Å²) < 4.78 is 0. The number of nitrogens with zero attached hydrogens (tertiary/aromatic N) is 3. The molecule has 1 amide bonds. The second-order valence-electron chi connectivity index (χ2n) is 8.30. The molecule has 0 radical (unpaired) electrons. The molecule has 1 fully saturated rings. The molecule has 27 heavy (non-hydrogen) atoms. The van der Waals surface area contributed by atoms with Gasteiger partial charge in [0.25, 0.3) is 5.56 Å². The van der Waals surface area contributed by atoms with Gasteiger partial charge in [0.1, 0.15) is 5.82 Å². The Hall–Kier alpha value is -1.69. The molecule has 3 heterocycles. The van der Waals surface area contributed by atoms with Crippen LogP contribution in [0.1, 0.15) is 76.4 Å². The van der Waals surface area contributed by atoms with E-state index in [1.807, 2.05) is 4.90 Å². The highest BCUT2D eigenvalue weighted by Crippen LogP contribution is 2.28. The summed E-state index contributed by atoms with van der Waals surface area (Å²) in [4.78, 5) is 37.5. The van der Waals surface area contributed by atoms with Crippen molar-refractivity contribution in [3.8, 4) is 0 Å². The number of amides is 1. The molecule has 0 aliphatic carbocycles. The van der Waals surface area contributed by atoms with Crippen LogP contribution in [0, 0.1) is 5.92 Å². The second kappa shape index (κ2) is 8.55. The fourth-order valence-corrected chi connectivity index (χ4v) is 4.38. The van der Waals surface area contributed by atoms with Crippen LogP contribution in [-0.2, 0) is 17.8 Å². The van der Waals surface area contributed by atoms with Gasteiger partial charge in [0, 0.05) is 49.6 Å². The number of piperidine rings is 1. The van der Waals surface area contributed by atoms with E-state index in [4.69, 9.17) is 4.98 Å². The predicted octanol–water partition coefficient (Wildman–Crippen LogP) is 2.68. The SMILES string of the molecule is CCC(CC)C(=O)N1CCC(c2nc3c(c(=O)[nH]2)CCN(C(C)C)C3)CC1. The minimum atomic E-state index is 0.0361. The molecule has 3 rings (SSSR count). The maximum Gasteiger partial charge on any atom is 0.254 e. The lowest BCUT2D eigenvalue weighted by atomic mass is 9.93. The molecule has 150 valence electrons. The Bertz CT molecular complexity index is 715. The third kappa shape index (κ3) is 4.26. The average molecular weight is 375 g/mol. The van der Waals surface area contributed by atoms with Crippen LogP contribution in [0.25, 0.3) is 0 Å². The van der Waals surface area contributed by atoms with Gasteiger partial charge in [-0.2, -0.15) is 0 Å². The van der Waals surface area contributed by atoms with Crippen molar-refractivity contribution in [1.29, 1.82) is 0 Å². The lowest BCUT2D eigenvalue weighted by Gasteiger charge is -2.34. The zero-order valence-electron chi connectivity index (χ0n) is 17.3. The van der Waals surface area contributed by atoms with Gasteiger partial charge in [-0.1, -0.05) is 13.8 Å². The minimum Gasteiger partial charge on any atom is -0.342 e. The Kier molecular flexibility index (Phi) is 6.35. The number of rotatable bonds is 5. The van der Waals surface area contributed by atoms with Crippen LogP contribution in [0.3, 0.4) is 0 Å². The lowest BCUT2D eigenvalue weighted by molar-refractivity contribution is -0.136. The molecule has 0 atom stereocenters. The van der Waals surface area contributed by atoms with Crippen molar-refractivity contribution in [2.24, 2.45) is 5.92 Å². The zero-order valence-corrected chi connectivity index (χ0v) is 17.3. The molecular weight excluding hydrogens is 340 g/mol. The molecule has 1 aromatic rings. The Balaban J connectivity index is 1.70. The number of aromatic nitrogens is 2. The van der Waals surface area contributed by atoms with Gasteiger partial charge in [0.2, 0.25) is 5.91 Å². The van der Waals surface area contributed by atoms with Gasteiger partial charge in [-0.25, -0.2) is 4.98 Å². The number of carbonyl (C=O) groups excluding carboxylic acids is 1. The monoisotopic (exact) mass is 374 g/mol. The van der Waals surface area contributed by atoms with Crippen LogP contribution in [-0.4, -0.2) is 51.4 Å². The van der Waals surface area contributed by atoms with Gasteiger partial charge in [0.05, 0.1) is 5.69 Å². The van der Waals surface area contributed by atoms with Crippen LogP contribution in [0.4, 0.5) is 0 Å². The largest absolute Gasteiger partial charge is 0.342 e. The third-order valence-electron chi connectivity index (χ3n) is 6.38. The maximum absolute atomic E-state index is 12.6. The number of nitrogens with one attached hydrogen (secondary N) is 1. The molecule has 0 saturated carbocycles. The van der Waals surface area contributed by atoms with Crippen LogP contribution in [0.2, 0.25) is 0 Å². The Morgan fingerprint density at radius 2 is 1.85 bits per heavy atom. The summed E-state index contributed by atoms with van der Waals surface area (Å²) in [6.45, 7) is 11.7. The smallest absolute Gasteiger partial charge is 0.254 e. The van der Waals surface area contributed by atoms with Gasteiger partial charge < -0.3 is 9.88 Å². The highest BCUT2D eigenvalue weighted by molar-refractivity contribution is 5.78. The molecule has 0 unspecified atom stereocenters. The van der Waals surface area contributed by atoms with E-state index in [1.54, 1.807) is 0 Å². The van der Waals surface area contributed by atoms with Crippen LogP contribution < -0.4 is 5.56 Å². The maximum atomic E-state index is 12.6. The first kappa shape index (κ1) is 20.1. The molecule has 6 nitrogen and oxygen atoms in total. The van der Waals surface area contributed by atoms with Crippen molar-refractivity contribution >= 4 is 5.91 Å². The Morgan fingerprint density at radius 3 is 2.44 bits per heavy atom. The van der Waals surface area contributed by atoms with E-state index in [2.05, 4.69) is 37.6 Å². The molecule has 0 aromatic carbocycles. The lowest BCUT2D eigenvalue weighted by Crippen LogP contribution is -2.42. The van der Waals surface area contributed by atoms with Crippen molar-refractivity contribution in [3.05, 3.63) is 27.4 Å². The van der Waals surface area contributed by atoms with E-state index in [0.717, 1.165) is 75.4 Å². The predicted molar refractivity (Wildman–Crippen MR) is 107 cm³/mol. The molecule has 1 N–H and O–H groups in total. The number of hydrogen-bond donors (Lipinski definition) is 1. The summed E-state index contributed by atoms with van der Waals surface area (Å²) in [5.41, 5.74) is 1.84. The van der Waals surface area contributed by atoms with E-state index in [0.29, 0.717) is 6.04 Å². The van der Waals surface area contributed by atoms with Crippen molar-refractivity contribution in [3.63, 3.8) is 0 Å². The molecule has 2 aliphatic heterocycles. The number of likely N-dealkylation sites (tertiary alicyclic amines) is 1. The standard InChI is InChI=1S/C21H34N4O2/c1-5-15(6-2)21(27)24-10-7-16(8-11-24)19-22-18-13-25(14(3)4)12-9-17(18)20(26)23-19/h14-16H,5-13H2,1-4H3,(H,22,23,26). The minimum absolute atomic E-state index is 0.0361. The molecule has 2 aliphatic rings. The summed E-state index contributed by atoms with van der Waals surface area (Å²) in [6.07, 6.45) is 4.34. The molecule has 6 heteroatoms. The van der Waals surface area contributed by atoms with Crippen molar-refractivity contribution in [2.75, 3.05) is 19.6 Å². The number of aromatic amines is 1. The van der Waals surface area contributed by atoms with Gasteiger partial charge in [-0.3, -0.25) is 14.5 Å². The van der Waals surface area contributed by atoms with Crippen molar-refractivity contribution in [2.45, 2.75) is 78.3 Å². The van der Waals surface area contributed by atoms with Gasteiger partial charge >= 0.3 is 0 Å². The number of fused-ring (bicyclic) bond motifs is 1. The summed E-state index contributed by atoms with van der Waals surface area (Å²) in [5, 5.41) is 0. The first-order valence-electron chi connectivity index (χ1n) is 10.6. The van der Waals surface area contributed by atoms with E-state index in [1.165, 1.54) is 0 Å². The summed E-state index contributed by atoms with van der Waals surface area (Å²) in [7, 11) is 0. The third-order valence-corrected chi connectivity index (χ3v) is 6.38. The van der Waals surface area contributed by atoms with Crippen LogP contribution in [0.15, 0.2) is 4.79 Å². The normalized spacial score (nSPS) is 19.0. The van der Waals surface area contributed by atoms with E-state index in [9.17, 15) is 9.59 Å². The van der Waals surface area contributed by atoms with E-state index < -0.39 is 0 Å². The van der Waals surface area contributed by atoms with Crippen molar-refractivity contribution < 1.29 is 4.79 Å². The highest BCUT2D eigenvalue weighted by atomic mass is 16.2. The Labute approximate surface area is 162 Å². The molecule has 0 spiro atoms. The summed E-state index contributed by atoms with van der Waals surface area (Å²) in [6, 6.07) is 0.460. The quantitative estimate of drug-likeness (QED) is 0.860. The highest BCUT2D eigenvalue weighted by Gasteiger charge is 2.29. The van der Waals surface area contributed by atoms with Gasteiger partial charge in [-0.15, -0.1) is 0 Å². The fourth-order valence-electron chi connectivity index (χ4n) is 4.38. The first-order valence-corrected chi connectivity index (χ1v) is 10.6. The van der Waals surface area contributed by atoms with Crippen molar-refractivity contribution in [1.82, 2.24) is 19.8 Å². The first-order chi connectivity index (χ1) is 12.9. The molecule has 0 bridgehead atoms. The topological polar surface area (TPSA) is 69.3 Å². The summed E-state index contributed by atoms with van der Waals surface area (Å²) in [5.74, 6) is 1.49. The van der Waals surface area contributed by atoms with Gasteiger partial charge in [-0.05, 0) is 46.0 Å². The molecule has 1 aromatic heterocycles. The zero-order chi connectivity index (χ0) is 19.6.